The predicted molar refractivity (Wildman–Crippen MR) is 81.5 cm³/mol. The van der Waals surface area contributed by atoms with Gasteiger partial charge in [0.25, 0.3) is 5.91 Å². The largest absolute Gasteiger partial charge is 0.384 e. The highest BCUT2D eigenvalue weighted by molar-refractivity contribution is 6.31. The first-order chi connectivity index (χ1) is 9.70. The zero-order valence-corrected chi connectivity index (χ0v) is 12.5. The van der Waals surface area contributed by atoms with Crippen LogP contribution in [-0.2, 0) is 4.74 Å². The van der Waals surface area contributed by atoms with Gasteiger partial charge in [-0.25, -0.2) is 0 Å². The molecule has 0 atom stereocenters. The van der Waals surface area contributed by atoms with Crippen molar-refractivity contribution in [3.63, 3.8) is 0 Å². The Bertz CT molecular complexity index is 459. The van der Waals surface area contributed by atoms with Crippen LogP contribution in [0.5, 0.6) is 0 Å². The van der Waals surface area contributed by atoms with Crippen LogP contribution >= 0.6 is 11.6 Å². The van der Waals surface area contributed by atoms with Crippen molar-refractivity contribution in [2.75, 3.05) is 25.1 Å². The van der Waals surface area contributed by atoms with Crippen molar-refractivity contribution in [1.82, 2.24) is 5.32 Å². The molecule has 1 amide bonds. The number of benzene rings is 1. The molecule has 2 N–H and O–H groups in total. The van der Waals surface area contributed by atoms with Crippen molar-refractivity contribution in [2.45, 2.75) is 32.2 Å². The van der Waals surface area contributed by atoms with Crippen LogP contribution in [0.2, 0.25) is 5.02 Å². The van der Waals surface area contributed by atoms with Crippen molar-refractivity contribution in [2.24, 2.45) is 0 Å². The lowest BCUT2D eigenvalue weighted by Gasteiger charge is -2.23. The van der Waals surface area contributed by atoms with Gasteiger partial charge in [-0.1, -0.05) is 18.5 Å². The minimum absolute atomic E-state index is 0.0713. The summed E-state index contributed by atoms with van der Waals surface area (Å²) in [5.74, 6) is -0.0713. The van der Waals surface area contributed by atoms with Crippen molar-refractivity contribution in [3.05, 3.63) is 28.8 Å². The number of carbonyl (C=O) groups excluding carboxylic acids is 1. The fourth-order valence-corrected chi connectivity index (χ4v) is 2.40. The molecular weight excluding hydrogens is 276 g/mol. The van der Waals surface area contributed by atoms with Gasteiger partial charge in [0.05, 0.1) is 5.56 Å². The SMILES string of the molecule is CCCNc1ccc(Cl)cc1C(=O)NC1CCOCC1. The fraction of sp³-hybridized carbons (Fsp3) is 0.533. The van der Waals surface area contributed by atoms with E-state index in [1.807, 2.05) is 6.07 Å². The lowest BCUT2D eigenvalue weighted by molar-refractivity contribution is 0.0697. The summed E-state index contributed by atoms with van der Waals surface area (Å²) in [4.78, 5) is 12.4. The first-order valence-electron chi connectivity index (χ1n) is 7.12. The molecule has 1 aromatic rings. The molecule has 1 aromatic carbocycles. The number of anilines is 1. The second-order valence-corrected chi connectivity index (χ2v) is 5.41. The summed E-state index contributed by atoms with van der Waals surface area (Å²) in [6, 6.07) is 5.56. The molecule has 0 aromatic heterocycles. The molecule has 5 heteroatoms. The van der Waals surface area contributed by atoms with E-state index >= 15 is 0 Å². The topological polar surface area (TPSA) is 50.4 Å². The third kappa shape index (κ3) is 4.12. The van der Waals surface area contributed by atoms with E-state index in [-0.39, 0.29) is 11.9 Å². The summed E-state index contributed by atoms with van der Waals surface area (Å²) in [6.45, 7) is 4.34. The number of nitrogens with one attached hydrogen (secondary N) is 2. The van der Waals surface area contributed by atoms with Crippen molar-refractivity contribution in [1.29, 1.82) is 0 Å². The zero-order valence-electron chi connectivity index (χ0n) is 11.7. The van der Waals surface area contributed by atoms with Crippen LogP contribution in [0.3, 0.4) is 0 Å². The third-order valence-electron chi connectivity index (χ3n) is 3.35. The van der Waals surface area contributed by atoms with Crippen molar-refractivity contribution >= 4 is 23.2 Å². The molecule has 2 rings (SSSR count). The molecule has 0 saturated carbocycles. The van der Waals surface area contributed by atoms with Crippen LogP contribution in [0.15, 0.2) is 18.2 Å². The molecule has 1 saturated heterocycles. The summed E-state index contributed by atoms with van der Waals surface area (Å²) in [5, 5.41) is 6.90. The van der Waals surface area contributed by atoms with E-state index in [1.165, 1.54) is 0 Å². The summed E-state index contributed by atoms with van der Waals surface area (Å²) >= 11 is 6.01. The van der Waals surface area contributed by atoms with E-state index in [4.69, 9.17) is 16.3 Å². The van der Waals surface area contributed by atoms with Gasteiger partial charge in [0.2, 0.25) is 0 Å². The summed E-state index contributed by atoms with van der Waals surface area (Å²) in [5.41, 5.74) is 1.44. The Labute approximate surface area is 124 Å². The minimum atomic E-state index is -0.0713. The molecular formula is C15H21ClN2O2. The molecule has 0 unspecified atom stereocenters. The maximum atomic E-state index is 12.4. The van der Waals surface area contributed by atoms with Gasteiger partial charge >= 0.3 is 0 Å². The average molecular weight is 297 g/mol. The Morgan fingerprint density at radius 3 is 2.85 bits per heavy atom. The van der Waals surface area contributed by atoms with E-state index < -0.39 is 0 Å². The van der Waals surface area contributed by atoms with E-state index in [9.17, 15) is 4.79 Å². The second kappa shape index (κ2) is 7.50. The van der Waals surface area contributed by atoms with Gasteiger partial charge in [-0.15, -0.1) is 0 Å². The van der Waals surface area contributed by atoms with Gasteiger partial charge in [0.1, 0.15) is 0 Å². The van der Waals surface area contributed by atoms with E-state index in [1.54, 1.807) is 12.1 Å². The van der Waals surface area contributed by atoms with Crippen LogP contribution in [0.1, 0.15) is 36.5 Å². The average Bonchev–Trinajstić information content (AvgIpc) is 2.47. The second-order valence-electron chi connectivity index (χ2n) is 4.98. The molecule has 1 fully saturated rings. The zero-order chi connectivity index (χ0) is 14.4. The molecule has 110 valence electrons. The predicted octanol–water partition coefficient (Wildman–Crippen LogP) is 3.07. The lowest BCUT2D eigenvalue weighted by Crippen LogP contribution is -2.39. The molecule has 0 spiro atoms. The maximum absolute atomic E-state index is 12.4. The quantitative estimate of drug-likeness (QED) is 0.878. The normalized spacial score (nSPS) is 15.9. The van der Waals surface area contributed by atoms with Crippen LogP contribution in [0, 0.1) is 0 Å². The highest BCUT2D eigenvalue weighted by Gasteiger charge is 2.19. The van der Waals surface area contributed by atoms with Gasteiger partial charge in [-0.2, -0.15) is 0 Å². The van der Waals surface area contributed by atoms with E-state index in [0.717, 1.165) is 31.5 Å². The number of rotatable bonds is 5. The molecule has 0 radical (unpaired) electrons. The Morgan fingerprint density at radius 2 is 2.15 bits per heavy atom. The van der Waals surface area contributed by atoms with Crippen molar-refractivity contribution < 1.29 is 9.53 Å². The number of ether oxygens (including phenoxy) is 1. The Hall–Kier alpha value is -1.26. The van der Waals surface area contributed by atoms with E-state index in [0.29, 0.717) is 23.8 Å². The Balaban J connectivity index is 2.08. The standard InChI is InChI=1S/C15H21ClN2O2/c1-2-7-17-14-4-3-11(16)10-13(14)15(19)18-12-5-8-20-9-6-12/h3-4,10,12,17H,2,5-9H2,1H3,(H,18,19). The molecule has 0 aliphatic carbocycles. The smallest absolute Gasteiger partial charge is 0.253 e. The van der Waals surface area contributed by atoms with Gasteiger partial charge in [0, 0.05) is 36.5 Å². The molecule has 1 aliphatic rings. The van der Waals surface area contributed by atoms with Crippen LogP contribution in [0.25, 0.3) is 0 Å². The van der Waals surface area contributed by atoms with Gasteiger partial charge in [0.15, 0.2) is 0 Å². The van der Waals surface area contributed by atoms with Crippen LogP contribution in [-0.4, -0.2) is 31.7 Å². The fourth-order valence-electron chi connectivity index (χ4n) is 2.22. The molecule has 1 aliphatic heterocycles. The van der Waals surface area contributed by atoms with Crippen LogP contribution < -0.4 is 10.6 Å². The number of halogens is 1. The summed E-state index contributed by atoms with van der Waals surface area (Å²) < 4.78 is 5.30. The molecule has 0 bridgehead atoms. The number of hydrogen-bond donors (Lipinski definition) is 2. The number of amides is 1. The van der Waals surface area contributed by atoms with Gasteiger partial charge in [-0.05, 0) is 37.5 Å². The van der Waals surface area contributed by atoms with Crippen LogP contribution in [0.4, 0.5) is 5.69 Å². The molecule has 20 heavy (non-hydrogen) atoms. The molecule has 4 nitrogen and oxygen atoms in total. The Kier molecular flexibility index (Phi) is 5.68. The minimum Gasteiger partial charge on any atom is -0.384 e. The van der Waals surface area contributed by atoms with Gasteiger partial charge in [-0.3, -0.25) is 4.79 Å². The molecule has 1 heterocycles. The maximum Gasteiger partial charge on any atom is 0.253 e. The van der Waals surface area contributed by atoms with Gasteiger partial charge < -0.3 is 15.4 Å². The highest BCUT2D eigenvalue weighted by Crippen LogP contribution is 2.21. The van der Waals surface area contributed by atoms with Crippen molar-refractivity contribution in [3.8, 4) is 0 Å². The number of carbonyl (C=O) groups is 1. The first kappa shape index (κ1) is 15.1. The number of hydrogen-bond acceptors (Lipinski definition) is 3. The lowest BCUT2D eigenvalue weighted by atomic mass is 10.1. The Morgan fingerprint density at radius 1 is 1.40 bits per heavy atom. The first-order valence-corrected chi connectivity index (χ1v) is 7.50. The highest BCUT2D eigenvalue weighted by atomic mass is 35.5. The third-order valence-corrected chi connectivity index (χ3v) is 3.58. The summed E-state index contributed by atoms with van der Waals surface area (Å²) in [6.07, 6.45) is 2.73. The van der Waals surface area contributed by atoms with E-state index in [2.05, 4.69) is 17.6 Å². The summed E-state index contributed by atoms with van der Waals surface area (Å²) in [7, 11) is 0. The monoisotopic (exact) mass is 296 g/mol.